The first kappa shape index (κ1) is 15.5. The van der Waals surface area contributed by atoms with Gasteiger partial charge in [-0.15, -0.1) is 11.3 Å². The fourth-order valence-corrected chi connectivity index (χ4v) is 4.22. The van der Waals surface area contributed by atoms with Crippen LogP contribution >= 0.6 is 11.3 Å². The third-order valence-electron chi connectivity index (χ3n) is 4.87. The topological polar surface area (TPSA) is 59.8 Å². The molecule has 0 unspecified atom stereocenters. The van der Waals surface area contributed by atoms with Gasteiger partial charge in [-0.3, -0.25) is 9.36 Å². The molecule has 5 nitrogen and oxygen atoms in total. The molecule has 130 valence electrons. The van der Waals surface area contributed by atoms with Crippen molar-refractivity contribution in [2.24, 2.45) is 5.92 Å². The van der Waals surface area contributed by atoms with Gasteiger partial charge in [0, 0.05) is 18.4 Å². The highest BCUT2D eigenvalue weighted by atomic mass is 32.1. The normalized spacial score (nSPS) is 14.2. The van der Waals surface area contributed by atoms with Gasteiger partial charge in [0.25, 0.3) is 5.56 Å². The lowest BCUT2D eigenvalue weighted by atomic mass is 10.2. The molecule has 1 aliphatic rings. The molecular weight excluding hydrogens is 344 g/mol. The molecule has 0 aliphatic heterocycles. The number of thiophene rings is 1. The number of aryl methyl sites for hydroxylation is 1. The second-order valence-electron chi connectivity index (χ2n) is 6.90. The summed E-state index contributed by atoms with van der Waals surface area (Å²) in [5.74, 6) is 0.773. The van der Waals surface area contributed by atoms with E-state index in [9.17, 15) is 4.79 Å². The van der Waals surface area contributed by atoms with E-state index in [1.54, 1.807) is 17.1 Å². The van der Waals surface area contributed by atoms with Crippen molar-refractivity contribution in [1.82, 2.24) is 14.5 Å². The summed E-state index contributed by atoms with van der Waals surface area (Å²) in [4.78, 5) is 23.0. The number of anilines is 1. The number of hydrogen-bond acceptors (Lipinski definition) is 5. The standard InChI is InChI=1S/C20H18N4OS/c1-12-2-6-14(7-3-12)24-11-23-17-16-15(22-10-13-4-5-13)8-9-21-19(16)26-18(17)20(24)25/h2-3,6-9,11,13H,4-5,10H2,1H3,(H,21,22). The zero-order valence-electron chi connectivity index (χ0n) is 14.4. The molecule has 1 aliphatic carbocycles. The molecule has 3 aromatic heterocycles. The third kappa shape index (κ3) is 2.57. The first-order chi connectivity index (χ1) is 12.7. The van der Waals surface area contributed by atoms with Gasteiger partial charge < -0.3 is 5.32 Å². The number of fused-ring (bicyclic) bond motifs is 3. The zero-order valence-corrected chi connectivity index (χ0v) is 15.2. The average Bonchev–Trinajstić information content (AvgIpc) is 3.40. The molecule has 0 amide bonds. The fraction of sp³-hybridized carbons (Fsp3) is 0.250. The Morgan fingerprint density at radius 2 is 2.00 bits per heavy atom. The number of nitrogens with zero attached hydrogens (tertiary/aromatic N) is 3. The van der Waals surface area contributed by atoms with E-state index in [1.807, 2.05) is 37.3 Å². The predicted octanol–water partition coefficient (Wildman–Crippen LogP) is 4.13. The molecule has 0 radical (unpaired) electrons. The average molecular weight is 362 g/mol. The predicted molar refractivity (Wildman–Crippen MR) is 106 cm³/mol. The van der Waals surface area contributed by atoms with Crippen LogP contribution in [-0.4, -0.2) is 21.1 Å². The van der Waals surface area contributed by atoms with Crippen molar-refractivity contribution in [2.45, 2.75) is 19.8 Å². The number of rotatable bonds is 4. The minimum absolute atomic E-state index is 0.0463. The highest BCUT2D eigenvalue weighted by molar-refractivity contribution is 7.25. The largest absolute Gasteiger partial charge is 0.384 e. The van der Waals surface area contributed by atoms with Crippen LogP contribution in [0.1, 0.15) is 18.4 Å². The second-order valence-corrected chi connectivity index (χ2v) is 7.90. The molecule has 4 aromatic rings. The lowest BCUT2D eigenvalue weighted by Gasteiger charge is -2.07. The Morgan fingerprint density at radius 1 is 1.19 bits per heavy atom. The summed E-state index contributed by atoms with van der Waals surface area (Å²) in [5, 5.41) is 4.48. The van der Waals surface area contributed by atoms with Crippen LogP contribution in [0.4, 0.5) is 5.69 Å². The summed E-state index contributed by atoms with van der Waals surface area (Å²) in [6, 6.07) is 9.86. The van der Waals surface area contributed by atoms with Crippen molar-refractivity contribution in [2.75, 3.05) is 11.9 Å². The van der Waals surface area contributed by atoms with Gasteiger partial charge in [0.05, 0.1) is 16.6 Å². The molecule has 3 heterocycles. The van der Waals surface area contributed by atoms with Gasteiger partial charge in [-0.25, -0.2) is 9.97 Å². The molecule has 5 rings (SSSR count). The molecule has 0 spiro atoms. The minimum Gasteiger partial charge on any atom is -0.384 e. The molecule has 1 fully saturated rings. The van der Waals surface area contributed by atoms with Crippen molar-refractivity contribution < 1.29 is 0 Å². The van der Waals surface area contributed by atoms with E-state index in [1.165, 1.54) is 24.2 Å². The Labute approximate surface area is 154 Å². The Bertz CT molecular complexity index is 1170. The van der Waals surface area contributed by atoms with Crippen LogP contribution in [-0.2, 0) is 0 Å². The molecule has 0 saturated heterocycles. The van der Waals surface area contributed by atoms with E-state index in [-0.39, 0.29) is 5.56 Å². The van der Waals surface area contributed by atoms with Gasteiger partial charge in [-0.1, -0.05) is 17.7 Å². The number of hydrogen-bond donors (Lipinski definition) is 1. The van der Waals surface area contributed by atoms with E-state index < -0.39 is 0 Å². The van der Waals surface area contributed by atoms with Crippen LogP contribution in [0, 0.1) is 12.8 Å². The summed E-state index contributed by atoms with van der Waals surface area (Å²) in [6.07, 6.45) is 6.01. The van der Waals surface area contributed by atoms with Gasteiger partial charge in [0.2, 0.25) is 0 Å². The van der Waals surface area contributed by atoms with E-state index in [2.05, 4.69) is 15.3 Å². The monoisotopic (exact) mass is 362 g/mol. The fourth-order valence-electron chi connectivity index (χ4n) is 3.17. The van der Waals surface area contributed by atoms with E-state index in [0.717, 1.165) is 45.1 Å². The van der Waals surface area contributed by atoms with Crippen molar-refractivity contribution in [3.8, 4) is 5.69 Å². The molecular formula is C20H18N4OS. The Morgan fingerprint density at radius 3 is 2.77 bits per heavy atom. The number of pyridine rings is 1. The molecule has 26 heavy (non-hydrogen) atoms. The van der Waals surface area contributed by atoms with Crippen molar-refractivity contribution in [1.29, 1.82) is 0 Å². The van der Waals surface area contributed by atoms with Gasteiger partial charge in [0.1, 0.15) is 15.9 Å². The lowest BCUT2D eigenvalue weighted by molar-refractivity contribution is 0.890. The van der Waals surface area contributed by atoms with Gasteiger partial charge in [-0.2, -0.15) is 0 Å². The minimum atomic E-state index is -0.0463. The zero-order chi connectivity index (χ0) is 17.7. The number of nitrogens with one attached hydrogen (secondary N) is 1. The summed E-state index contributed by atoms with van der Waals surface area (Å²) < 4.78 is 2.25. The lowest BCUT2D eigenvalue weighted by Crippen LogP contribution is -2.17. The second kappa shape index (κ2) is 5.92. The quantitative estimate of drug-likeness (QED) is 0.593. The van der Waals surface area contributed by atoms with E-state index in [4.69, 9.17) is 0 Å². The van der Waals surface area contributed by atoms with Crippen LogP contribution < -0.4 is 10.9 Å². The van der Waals surface area contributed by atoms with Crippen LogP contribution in [0.2, 0.25) is 0 Å². The maximum Gasteiger partial charge on any atom is 0.275 e. The van der Waals surface area contributed by atoms with Crippen LogP contribution in [0.5, 0.6) is 0 Å². The molecule has 6 heteroatoms. The number of benzene rings is 1. The van der Waals surface area contributed by atoms with Gasteiger partial charge >= 0.3 is 0 Å². The van der Waals surface area contributed by atoms with E-state index >= 15 is 0 Å². The van der Waals surface area contributed by atoms with E-state index in [0.29, 0.717) is 4.70 Å². The first-order valence-corrected chi connectivity index (χ1v) is 9.62. The Balaban J connectivity index is 1.68. The summed E-state index contributed by atoms with van der Waals surface area (Å²) in [7, 11) is 0. The highest BCUT2D eigenvalue weighted by Gasteiger charge is 2.22. The van der Waals surface area contributed by atoms with Crippen LogP contribution in [0.25, 0.3) is 26.1 Å². The third-order valence-corrected chi connectivity index (χ3v) is 5.95. The summed E-state index contributed by atoms with van der Waals surface area (Å²) >= 11 is 1.42. The van der Waals surface area contributed by atoms with Crippen LogP contribution in [0.3, 0.4) is 0 Å². The van der Waals surface area contributed by atoms with Gasteiger partial charge in [-0.05, 0) is 43.9 Å². The summed E-state index contributed by atoms with van der Waals surface area (Å²) in [6.45, 7) is 3.00. The molecule has 1 saturated carbocycles. The molecule has 0 atom stereocenters. The maximum absolute atomic E-state index is 13.1. The SMILES string of the molecule is Cc1ccc(-n2cnc3c(sc4nccc(NCC5CC5)c43)c2=O)cc1. The summed E-state index contributed by atoms with van der Waals surface area (Å²) in [5.41, 5.74) is 3.70. The maximum atomic E-state index is 13.1. The van der Waals surface area contributed by atoms with Gasteiger partial charge in [0.15, 0.2) is 0 Å². The molecule has 1 N–H and O–H groups in total. The van der Waals surface area contributed by atoms with Crippen LogP contribution in [0.15, 0.2) is 47.7 Å². The Kier molecular flexibility index (Phi) is 3.53. The van der Waals surface area contributed by atoms with Crippen molar-refractivity contribution in [3.05, 3.63) is 58.8 Å². The molecule has 1 aromatic carbocycles. The molecule has 0 bridgehead atoms. The first-order valence-electron chi connectivity index (χ1n) is 8.80. The highest BCUT2D eigenvalue weighted by Crippen LogP contribution is 2.35. The van der Waals surface area contributed by atoms with Crippen molar-refractivity contribution >= 4 is 37.5 Å². The number of aromatic nitrogens is 3. The smallest absolute Gasteiger partial charge is 0.275 e. The van der Waals surface area contributed by atoms with Crippen molar-refractivity contribution in [3.63, 3.8) is 0 Å². The Hall–Kier alpha value is -2.73.